The van der Waals surface area contributed by atoms with E-state index in [9.17, 15) is 13.6 Å². The fraction of sp³-hybridized carbons (Fsp3) is 0.333. The molecule has 158 valence electrons. The third kappa shape index (κ3) is 4.92. The van der Waals surface area contributed by atoms with Gasteiger partial charge in [-0.2, -0.15) is 0 Å². The number of benzene rings is 2. The van der Waals surface area contributed by atoms with E-state index in [0.29, 0.717) is 41.7 Å². The fourth-order valence-electron chi connectivity index (χ4n) is 3.17. The summed E-state index contributed by atoms with van der Waals surface area (Å²) in [5, 5.41) is 0.464. The number of rotatable bonds is 7. The van der Waals surface area contributed by atoms with E-state index in [2.05, 4.69) is 9.88 Å². The SMILES string of the molecule is O=C(COc1ccccc1F)N(CCN1CCOCC1)c1nc2ccc(F)cc2s1. The molecule has 1 aromatic heterocycles. The lowest BCUT2D eigenvalue weighted by atomic mass is 10.3. The molecule has 0 radical (unpaired) electrons. The van der Waals surface area contributed by atoms with Gasteiger partial charge in [-0.15, -0.1) is 0 Å². The largest absolute Gasteiger partial charge is 0.481 e. The van der Waals surface area contributed by atoms with Crippen LogP contribution in [0.3, 0.4) is 0 Å². The van der Waals surface area contributed by atoms with Crippen molar-refractivity contribution in [3.63, 3.8) is 0 Å². The predicted octanol–water partition coefficient (Wildman–Crippen LogP) is 3.32. The van der Waals surface area contributed by atoms with E-state index in [-0.39, 0.29) is 24.1 Å². The number of hydrogen-bond acceptors (Lipinski definition) is 6. The zero-order valence-electron chi connectivity index (χ0n) is 16.2. The minimum absolute atomic E-state index is 0.0188. The summed E-state index contributed by atoms with van der Waals surface area (Å²) in [6.07, 6.45) is 0. The summed E-state index contributed by atoms with van der Waals surface area (Å²) in [6, 6.07) is 10.3. The highest BCUT2D eigenvalue weighted by molar-refractivity contribution is 7.22. The van der Waals surface area contributed by atoms with Crippen LogP contribution in [0.25, 0.3) is 10.2 Å². The van der Waals surface area contributed by atoms with Gasteiger partial charge in [-0.3, -0.25) is 14.6 Å². The first-order valence-corrected chi connectivity index (χ1v) is 10.5. The molecule has 1 aliphatic rings. The molecular weight excluding hydrogens is 412 g/mol. The van der Waals surface area contributed by atoms with Crippen molar-refractivity contribution in [2.45, 2.75) is 0 Å². The molecule has 0 N–H and O–H groups in total. The first kappa shape index (κ1) is 20.6. The maximum atomic E-state index is 13.8. The molecule has 0 atom stereocenters. The molecule has 0 saturated carbocycles. The van der Waals surface area contributed by atoms with Crippen LogP contribution in [-0.2, 0) is 9.53 Å². The zero-order chi connectivity index (χ0) is 20.9. The van der Waals surface area contributed by atoms with Gasteiger partial charge in [0, 0.05) is 26.2 Å². The molecule has 1 fully saturated rings. The number of para-hydroxylation sites is 1. The van der Waals surface area contributed by atoms with Gasteiger partial charge in [0.25, 0.3) is 5.91 Å². The van der Waals surface area contributed by atoms with Gasteiger partial charge < -0.3 is 9.47 Å². The van der Waals surface area contributed by atoms with Crippen molar-refractivity contribution >= 4 is 32.6 Å². The van der Waals surface area contributed by atoms with Crippen LogP contribution in [0.4, 0.5) is 13.9 Å². The Hall–Kier alpha value is -2.62. The number of nitrogens with zero attached hydrogens (tertiary/aromatic N) is 3. The molecule has 2 aromatic carbocycles. The smallest absolute Gasteiger partial charge is 0.266 e. The number of carbonyl (C=O) groups is 1. The Morgan fingerprint density at radius 3 is 2.80 bits per heavy atom. The normalized spacial score (nSPS) is 14.7. The number of hydrogen-bond donors (Lipinski definition) is 0. The Bertz CT molecular complexity index is 1020. The van der Waals surface area contributed by atoms with Crippen LogP contribution in [-0.4, -0.2) is 61.8 Å². The van der Waals surface area contributed by atoms with Gasteiger partial charge in [0.05, 0.1) is 23.4 Å². The second-order valence-corrected chi connectivity index (χ2v) is 7.84. The molecule has 2 heterocycles. The Balaban J connectivity index is 1.52. The van der Waals surface area contributed by atoms with Crippen LogP contribution in [0.15, 0.2) is 42.5 Å². The standard InChI is InChI=1S/C21H21F2N3O3S/c22-15-5-6-17-19(13-15)30-21(24-17)26(8-7-25-9-11-28-12-10-25)20(27)14-29-18-4-2-1-3-16(18)23/h1-6,13H,7-12,14H2. The van der Waals surface area contributed by atoms with Gasteiger partial charge in [0.1, 0.15) is 5.82 Å². The van der Waals surface area contributed by atoms with Gasteiger partial charge in [-0.1, -0.05) is 23.5 Å². The monoisotopic (exact) mass is 433 g/mol. The number of anilines is 1. The van der Waals surface area contributed by atoms with Crippen molar-refractivity contribution in [2.75, 3.05) is 50.9 Å². The summed E-state index contributed by atoms with van der Waals surface area (Å²) >= 11 is 1.24. The third-order valence-corrected chi connectivity index (χ3v) is 5.84. The van der Waals surface area contributed by atoms with E-state index in [4.69, 9.17) is 9.47 Å². The lowest BCUT2D eigenvalue weighted by molar-refractivity contribution is -0.120. The first-order valence-electron chi connectivity index (χ1n) is 9.64. The van der Waals surface area contributed by atoms with E-state index >= 15 is 0 Å². The Morgan fingerprint density at radius 2 is 2.00 bits per heavy atom. The summed E-state index contributed by atoms with van der Waals surface area (Å²) < 4.78 is 38.8. The highest BCUT2D eigenvalue weighted by atomic mass is 32.1. The Kier molecular flexibility index (Phi) is 6.51. The van der Waals surface area contributed by atoms with Crippen molar-refractivity contribution in [1.29, 1.82) is 0 Å². The Labute approximate surface area is 176 Å². The molecule has 1 amide bonds. The van der Waals surface area contributed by atoms with Crippen LogP contribution in [0.1, 0.15) is 0 Å². The summed E-state index contributed by atoms with van der Waals surface area (Å²) in [4.78, 5) is 21.2. The number of ether oxygens (including phenoxy) is 2. The number of aromatic nitrogens is 1. The van der Waals surface area contributed by atoms with Gasteiger partial charge >= 0.3 is 0 Å². The highest BCUT2D eigenvalue weighted by Gasteiger charge is 2.22. The number of fused-ring (bicyclic) bond motifs is 1. The number of halogens is 2. The number of morpholine rings is 1. The quantitative estimate of drug-likeness (QED) is 0.572. The molecular formula is C21H21F2N3O3S. The molecule has 0 unspecified atom stereocenters. The lowest BCUT2D eigenvalue weighted by Crippen LogP contribution is -2.44. The lowest BCUT2D eigenvalue weighted by Gasteiger charge is -2.29. The first-order chi connectivity index (χ1) is 14.6. The summed E-state index contributed by atoms with van der Waals surface area (Å²) in [5.41, 5.74) is 0.621. The van der Waals surface area contributed by atoms with Gasteiger partial charge in [-0.05, 0) is 30.3 Å². The molecule has 9 heteroatoms. The van der Waals surface area contributed by atoms with Crippen molar-refractivity contribution in [3.8, 4) is 5.75 Å². The second-order valence-electron chi connectivity index (χ2n) is 6.83. The van der Waals surface area contributed by atoms with Crippen LogP contribution < -0.4 is 9.64 Å². The minimum atomic E-state index is -0.527. The van der Waals surface area contributed by atoms with Gasteiger partial charge in [0.2, 0.25) is 0 Å². The molecule has 3 aromatic rings. The van der Waals surface area contributed by atoms with E-state index < -0.39 is 5.82 Å². The van der Waals surface area contributed by atoms with Crippen LogP contribution in [0.2, 0.25) is 0 Å². The molecule has 6 nitrogen and oxygen atoms in total. The van der Waals surface area contributed by atoms with Crippen molar-refractivity contribution in [2.24, 2.45) is 0 Å². The number of carbonyl (C=O) groups excluding carboxylic acids is 1. The summed E-state index contributed by atoms with van der Waals surface area (Å²) in [7, 11) is 0. The van der Waals surface area contributed by atoms with Crippen molar-refractivity contribution in [3.05, 3.63) is 54.1 Å². The van der Waals surface area contributed by atoms with Crippen molar-refractivity contribution in [1.82, 2.24) is 9.88 Å². The topological polar surface area (TPSA) is 54.9 Å². The van der Waals surface area contributed by atoms with Gasteiger partial charge in [-0.25, -0.2) is 13.8 Å². The molecule has 30 heavy (non-hydrogen) atoms. The van der Waals surface area contributed by atoms with E-state index in [1.165, 1.54) is 40.5 Å². The summed E-state index contributed by atoms with van der Waals surface area (Å²) in [5.74, 6) is -1.20. The van der Waals surface area contributed by atoms with E-state index in [0.717, 1.165) is 13.1 Å². The van der Waals surface area contributed by atoms with Crippen LogP contribution in [0, 0.1) is 11.6 Å². The molecule has 0 spiro atoms. The van der Waals surface area contributed by atoms with E-state index in [1.807, 2.05) is 0 Å². The van der Waals surface area contributed by atoms with Crippen LogP contribution >= 0.6 is 11.3 Å². The molecule has 1 aliphatic heterocycles. The van der Waals surface area contributed by atoms with Crippen LogP contribution in [0.5, 0.6) is 5.75 Å². The molecule has 0 bridgehead atoms. The number of thiazole rings is 1. The third-order valence-electron chi connectivity index (χ3n) is 4.80. The van der Waals surface area contributed by atoms with Gasteiger partial charge in [0.15, 0.2) is 23.3 Å². The maximum Gasteiger partial charge on any atom is 0.266 e. The zero-order valence-corrected chi connectivity index (χ0v) is 17.0. The highest BCUT2D eigenvalue weighted by Crippen LogP contribution is 2.29. The predicted molar refractivity (Wildman–Crippen MR) is 111 cm³/mol. The maximum absolute atomic E-state index is 13.8. The Morgan fingerprint density at radius 1 is 1.20 bits per heavy atom. The van der Waals surface area contributed by atoms with Crippen molar-refractivity contribution < 1.29 is 23.0 Å². The second kappa shape index (κ2) is 9.46. The fourth-order valence-corrected chi connectivity index (χ4v) is 4.21. The molecule has 1 saturated heterocycles. The van der Waals surface area contributed by atoms with E-state index in [1.54, 1.807) is 18.2 Å². The average Bonchev–Trinajstić information content (AvgIpc) is 3.16. The number of amides is 1. The summed E-state index contributed by atoms with van der Waals surface area (Å²) in [6.45, 7) is 3.60. The molecule has 4 rings (SSSR count). The minimum Gasteiger partial charge on any atom is -0.481 e. The average molecular weight is 433 g/mol. The molecule has 0 aliphatic carbocycles.